The molecule has 0 aliphatic heterocycles. The van der Waals surface area contributed by atoms with E-state index in [1.54, 1.807) is 30.3 Å². The van der Waals surface area contributed by atoms with Gasteiger partial charge < -0.3 is 10.1 Å². The molecule has 0 unspecified atom stereocenters. The van der Waals surface area contributed by atoms with Crippen molar-refractivity contribution in [1.29, 1.82) is 5.26 Å². The fourth-order valence-electron chi connectivity index (χ4n) is 3.10. The molecule has 0 saturated heterocycles. The van der Waals surface area contributed by atoms with E-state index in [2.05, 4.69) is 11.9 Å². The Bertz CT molecular complexity index is 1260. The third-order valence-corrected chi connectivity index (χ3v) is 5.67. The number of nitrogens with zero attached hydrogens (tertiary/aromatic N) is 1. The number of allylic oxidation sites excluding steroid dienone is 1. The number of amides is 1. The van der Waals surface area contributed by atoms with Crippen molar-refractivity contribution < 1.29 is 9.53 Å². The van der Waals surface area contributed by atoms with Crippen molar-refractivity contribution in [3.8, 4) is 11.8 Å². The first-order valence-electron chi connectivity index (χ1n) is 10.2. The monoisotopic (exact) mass is 476 g/mol. The second kappa shape index (κ2) is 11.4. The molecule has 166 valence electrons. The van der Waals surface area contributed by atoms with Gasteiger partial charge in [0.05, 0.1) is 0 Å². The summed E-state index contributed by atoms with van der Waals surface area (Å²) in [4.78, 5) is 12.6. The first-order valence-corrected chi connectivity index (χ1v) is 11.0. The Morgan fingerprint density at radius 1 is 1.09 bits per heavy atom. The quantitative estimate of drug-likeness (QED) is 0.213. The highest BCUT2D eigenvalue weighted by molar-refractivity contribution is 6.31. The van der Waals surface area contributed by atoms with Crippen LogP contribution in [0.3, 0.4) is 0 Å². The molecule has 0 aromatic heterocycles. The van der Waals surface area contributed by atoms with Crippen LogP contribution < -0.4 is 10.1 Å². The fraction of sp³-hybridized carbons (Fsp3) is 0.111. The molecule has 0 atom stereocenters. The lowest BCUT2D eigenvalue weighted by atomic mass is 10.0. The minimum atomic E-state index is -0.512. The van der Waals surface area contributed by atoms with E-state index in [1.807, 2.05) is 49.4 Å². The molecular formula is C27H22Cl2N2O2. The van der Waals surface area contributed by atoms with Gasteiger partial charge in [0.1, 0.15) is 24.0 Å². The maximum Gasteiger partial charge on any atom is 0.266 e. The standard InChI is InChI=1S/C27H22Cl2N2O2/c1-3-6-20-13-19(10-12-26(20)33-17-21-7-4-5-8-24(21)28)14-22(16-30)27(32)31-23-11-9-18(2)25(29)15-23/h3-5,7-15H,1,6,17H2,2H3,(H,31,32)/b22-14-. The van der Waals surface area contributed by atoms with E-state index in [4.69, 9.17) is 27.9 Å². The van der Waals surface area contributed by atoms with Gasteiger partial charge in [-0.05, 0) is 66.4 Å². The Labute approximate surface area is 203 Å². The molecule has 6 heteroatoms. The van der Waals surface area contributed by atoms with Crippen LogP contribution >= 0.6 is 23.2 Å². The van der Waals surface area contributed by atoms with E-state index >= 15 is 0 Å². The summed E-state index contributed by atoms with van der Waals surface area (Å²) in [6.07, 6.45) is 3.87. The third-order valence-electron chi connectivity index (χ3n) is 4.90. The van der Waals surface area contributed by atoms with Gasteiger partial charge in [-0.3, -0.25) is 4.79 Å². The third kappa shape index (κ3) is 6.49. The van der Waals surface area contributed by atoms with Gasteiger partial charge in [0.2, 0.25) is 0 Å². The number of carbonyl (C=O) groups excluding carboxylic acids is 1. The Kier molecular flexibility index (Phi) is 8.32. The molecular weight excluding hydrogens is 455 g/mol. The highest BCUT2D eigenvalue weighted by atomic mass is 35.5. The largest absolute Gasteiger partial charge is 0.489 e. The van der Waals surface area contributed by atoms with Crippen molar-refractivity contribution in [1.82, 2.24) is 0 Å². The van der Waals surface area contributed by atoms with Crippen molar-refractivity contribution in [2.24, 2.45) is 0 Å². The van der Waals surface area contributed by atoms with Crippen molar-refractivity contribution in [3.63, 3.8) is 0 Å². The average Bonchev–Trinajstić information content (AvgIpc) is 2.80. The number of ether oxygens (including phenoxy) is 1. The van der Waals surface area contributed by atoms with Crippen molar-refractivity contribution in [2.75, 3.05) is 5.32 Å². The number of nitrogens with one attached hydrogen (secondary N) is 1. The number of aryl methyl sites for hydroxylation is 1. The molecule has 3 aromatic rings. The highest BCUT2D eigenvalue weighted by Gasteiger charge is 2.12. The lowest BCUT2D eigenvalue weighted by Gasteiger charge is -2.12. The van der Waals surface area contributed by atoms with Crippen LogP contribution in [0.25, 0.3) is 6.08 Å². The summed E-state index contributed by atoms with van der Waals surface area (Å²) in [5, 5.41) is 13.4. The first-order chi connectivity index (χ1) is 15.9. The number of carbonyl (C=O) groups is 1. The first kappa shape index (κ1) is 24.1. The van der Waals surface area contributed by atoms with E-state index in [9.17, 15) is 10.1 Å². The van der Waals surface area contributed by atoms with Crippen LogP contribution in [0.5, 0.6) is 5.75 Å². The SMILES string of the molecule is C=CCc1cc(/C=C(/C#N)C(=O)Nc2ccc(C)c(Cl)c2)ccc1OCc1ccccc1Cl. The van der Waals surface area contributed by atoms with Crippen LogP contribution in [-0.2, 0) is 17.8 Å². The zero-order valence-corrected chi connectivity index (χ0v) is 19.6. The molecule has 0 radical (unpaired) electrons. The van der Waals surface area contributed by atoms with Gasteiger partial charge in [-0.2, -0.15) is 5.26 Å². The topological polar surface area (TPSA) is 62.1 Å². The fourth-order valence-corrected chi connectivity index (χ4v) is 3.47. The average molecular weight is 477 g/mol. The number of halogens is 2. The van der Waals surface area contributed by atoms with Gasteiger partial charge in [0.25, 0.3) is 5.91 Å². The normalized spacial score (nSPS) is 10.9. The lowest BCUT2D eigenvalue weighted by molar-refractivity contribution is -0.112. The number of anilines is 1. The number of hydrogen-bond acceptors (Lipinski definition) is 3. The zero-order chi connectivity index (χ0) is 23.8. The predicted octanol–water partition coefficient (Wildman–Crippen LogP) is 7.16. The van der Waals surface area contributed by atoms with Gasteiger partial charge in [0, 0.05) is 21.3 Å². The molecule has 1 amide bonds. The van der Waals surface area contributed by atoms with Gasteiger partial charge >= 0.3 is 0 Å². The van der Waals surface area contributed by atoms with Gasteiger partial charge in [-0.1, -0.05) is 59.6 Å². The van der Waals surface area contributed by atoms with Crippen LogP contribution in [0.4, 0.5) is 5.69 Å². The predicted molar refractivity (Wildman–Crippen MR) is 135 cm³/mol. The maximum absolute atomic E-state index is 12.6. The van der Waals surface area contributed by atoms with Crippen LogP contribution in [-0.4, -0.2) is 5.91 Å². The number of nitriles is 1. The Morgan fingerprint density at radius 3 is 2.58 bits per heavy atom. The van der Waals surface area contributed by atoms with E-state index in [0.29, 0.717) is 40.1 Å². The highest BCUT2D eigenvalue weighted by Crippen LogP contribution is 2.26. The van der Waals surface area contributed by atoms with Crippen LogP contribution in [0, 0.1) is 18.3 Å². The van der Waals surface area contributed by atoms with Crippen molar-refractivity contribution in [3.05, 3.63) is 111 Å². The number of rotatable bonds is 8. The molecule has 4 nitrogen and oxygen atoms in total. The minimum Gasteiger partial charge on any atom is -0.489 e. The second-order valence-corrected chi connectivity index (χ2v) is 8.14. The van der Waals surface area contributed by atoms with Gasteiger partial charge in [-0.15, -0.1) is 6.58 Å². The zero-order valence-electron chi connectivity index (χ0n) is 18.1. The summed E-state index contributed by atoms with van der Waals surface area (Å²) >= 11 is 12.3. The number of hydrogen-bond donors (Lipinski definition) is 1. The Morgan fingerprint density at radius 2 is 1.88 bits per heavy atom. The minimum absolute atomic E-state index is 0.0269. The van der Waals surface area contributed by atoms with Crippen molar-refractivity contribution in [2.45, 2.75) is 20.0 Å². The summed E-state index contributed by atoms with van der Waals surface area (Å²) in [5.41, 5.74) is 3.86. The molecule has 3 aromatic carbocycles. The molecule has 0 bridgehead atoms. The van der Waals surface area contributed by atoms with E-state index in [-0.39, 0.29) is 5.57 Å². The molecule has 0 aliphatic carbocycles. The molecule has 33 heavy (non-hydrogen) atoms. The molecule has 0 heterocycles. The van der Waals surface area contributed by atoms with Crippen LogP contribution in [0.15, 0.2) is 78.9 Å². The summed E-state index contributed by atoms with van der Waals surface area (Å²) in [6, 6.07) is 20.1. The molecule has 0 spiro atoms. The van der Waals surface area contributed by atoms with Crippen LogP contribution in [0.1, 0.15) is 22.3 Å². The Hall–Kier alpha value is -3.52. The molecule has 0 saturated carbocycles. The molecule has 0 aliphatic rings. The maximum atomic E-state index is 12.6. The lowest BCUT2D eigenvalue weighted by Crippen LogP contribution is -2.13. The molecule has 1 N–H and O–H groups in total. The summed E-state index contributed by atoms with van der Waals surface area (Å²) < 4.78 is 5.98. The summed E-state index contributed by atoms with van der Waals surface area (Å²) in [6.45, 7) is 6.00. The molecule has 3 rings (SSSR count). The van der Waals surface area contributed by atoms with Crippen LogP contribution in [0.2, 0.25) is 10.0 Å². The van der Waals surface area contributed by atoms with Crippen molar-refractivity contribution >= 4 is 40.9 Å². The second-order valence-electron chi connectivity index (χ2n) is 7.33. The Balaban J connectivity index is 1.80. The van der Waals surface area contributed by atoms with E-state index < -0.39 is 5.91 Å². The summed E-state index contributed by atoms with van der Waals surface area (Å²) in [5.74, 6) is 0.172. The molecule has 0 fully saturated rings. The summed E-state index contributed by atoms with van der Waals surface area (Å²) in [7, 11) is 0. The van der Waals surface area contributed by atoms with Gasteiger partial charge in [0.15, 0.2) is 0 Å². The smallest absolute Gasteiger partial charge is 0.266 e. The van der Waals surface area contributed by atoms with E-state index in [0.717, 1.165) is 16.7 Å². The van der Waals surface area contributed by atoms with Gasteiger partial charge in [-0.25, -0.2) is 0 Å². The number of benzene rings is 3. The van der Waals surface area contributed by atoms with E-state index in [1.165, 1.54) is 6.08 Å².